The number of halogens is 1. The van der Waals surface area contributed by atoms with Gasteiger partial charge in [0.15, 0.2) is 0 Å². The normalized spacial score (nSPS) is 11.0. The second kappa shape index (κ2) is 6.23. The average Bonchev–Trinajstić information content (AvgIpc) is 2.62. The van der Waals surface area contributed by atoms with Crippen LogP contribution >= 0.6 is 0 Å². The molecule has 4 aromatic rings. The maximum atomic E-state index is 14.3. The van der Waals surface area contributed by atoms with E-state index in [1.807, 2.05) is 56.3 Å². The second-order valence-corrected chi connectivity index (χ2v) is 6.45. The lowest BCUT2D eigenvalue weighted by atomic mass is 10.0. The summed E-state index contributed by atoms with van der Waals surface area (Å²) in [6.07, 6.45) is 0. The molecule has 4 heteroatoms. The van der Waals surface area contributed by atoms with Gasteiger partial charge in [0.1, 0.15) is 11.6 Å². The predicted octanol–water partition coefficient (Wildman–Crippen LogP) is 5.01. The predicted molar refractivity (Wildman–Crippen MR) is 103 cm³/mol. The Kier molecular flexibility index (Phi) is 3.88. The minimum Gasteiger partial charge on any atom is -0.306 e. The Morgan fingerprint density at radius 3 is 2.50 bits per heavy atom. The fraction of sp³-hybridized carbons (Fsp3) is 0.0909. The van der Waals surface area contributed by atoms with Crippen molar-refractivity contribution in [1.82, 2.24) is 9.97 Å². The van der Waals surface area contributed by atoms with Crippen molar-refractivity contribution in [2.75, 3.05) is 0 Å². The van der Waals surface area contributed by atoms with Gasteiger partial charge in [0.25, 0.3) is 5.56 Å². The lowest BCUT2D eigenvalue weighted by molar-refractivity contribution is 0.630. The fourth-order valence-corrected chi connectivity index (χ4v) is 3.13. The molecule has 26 heavy (non-hydrogen) atoms. The molecule has 0 aliphatic rings. The van der Waals surface area contributed by atoms with Gasteiger partial charge < -0.3 is 4.98 Å². The number of nitrogens with zero attached hydrogens (tertiary/aromatic N) is 1. The Morgan fingerprint density at radius 2 is 1.69 bits per heavy atom. The minimum atomic E-state index is -0.266. The maximum absolute atomic E-state index is 14.3. The highest BCUT2D eigenvalue weighted by molar-refractivity contribution is 5.82. The Bertz CT molecular complexity index is 1190. The number of hydrogen-bond donors (Lipinski definition) is 1. The molecule has 0 amide bonds. The van der Waals surface area contributed by atoms with Crippen LogP contribution in [-0.2, 0) is 0 Å². The van der Waals surface area contributed by atoms with Crippen molar-refractivity contribution in [2.24, 2.45) is 0 Å². The van der Waals surface area contributed by atoms with Gasteiger partial charge >= 0.3 is 0 Å². The average molecular weight is 344 g/mol. The Labute approximate surface area is 150 Å². The van der Waals surface area contributed by atoms with Crippen LogP contribution in [0.2, 0.25) is 0 Å². The van der Waals surface area contributed by atoms with E-state index >= 15 is 0 Å². The highest BCUT2D eigenvalue weighted by Crippen LogP contribution is 2.27. The quantitative estimate of drug-likeness (QED) is 0.555. The van der Waals surface area contributed by atoms with E-state index in [9.17, 15) is 9.18 Å². The summed E-state index contributed by atoms with van der Waals surface area (Å²) in [5.74, 6) is 0.212. The van der Waals surface area contributed by atoms with Crippen molar-refractivity contribution in [1.29, 1.82) is 0 Å². The molecule has 0 atom stereocenters. The second-order valence-electron chi connectivity index (χ2n) is 6.45. The number of hydrogen-bond acceptors (Lipinski definition) is 2. The van der Waals surface area contributed by atoms with Crippen molar-refractivity contribution >= 4 is 10.9 Å². The van der Waals surface area contributed by atoms with Gasteiger partial charge in [-0.25, -0.2) is 9.37 Å². The highest BCUT2D eigenvalue weighted by Gasteiger charge is 2.10. The largest absolute Gasteiger partial charge is 0.306 e. The van der Waals surface area contributed by atoms with E-state index in [2.05, 4.69) is 9.97 Å². The summed E-state index contributed by atoms with van der Waals surface area (Å²) in [6.45, 7) is 3.78. The summed E-state index contributed by atoms with van der Waals surface area (Å²) in [6, 6.07) is 18.1. The zero-order valence-corrected chi connectivity index (χ0v) is 14.5. The first-order chi connectivity index (χ1) is 12.5. The number of para-hydroxylation sites is 1. The molecule has 0 spiro atoms. The number of benzene rings is 3. The van der Waals surface area contributed by atoms with Gasteiger partial charge in [-0.1, -0.05) is 42.5 Å². The van der Waals surface area contributed by atoms with Crippen molar-refractivity contribution < 1.29 is 4.39 Å². The minimum absolute atomic E-state index is 0.180. The number of nitrogens with one attached hydrogen (secondary N) is 1. The van der Waals surface area contributed by atoms with Gasteiger partial charge in [0.05, 0.1) is 10.9 Å². The molecule has 0 unspecified atom stereocenters. The molecular weight excluding hydrogens is 327 g/mol. The molecule has 3 aromatic carbocycles. The zero-order chi connectivity index (χ0) is 18.3. The molecule has 0 saturated carbocycles. The van der Waals surface area contributed by atoms with Gasteiger partial charge in [-0.3, -0.25) is 4.79 Å². The first-order valence-corrected chi connectivity index (χ1v) is 8.39. The van der Waals surface area contributed by atoms with Crippen molar-refractivity contribution in [3.63, 3.8) is 0 Å². The summed E-state index contributed by atoms with van der Waals surface area (Å²) in [5, 5.41) is 0.564. The van der Waals surface area contributed by atoms with E-state index in [0.29, 0.717) is 22.3 Å². The lowest BCUT2D eigenvalue weighted by Gasteiger charge is -2.08. The molecule has 128 valence electrons. The Balaban J connectivity index is 1.88. The van der Waals surface area contributed by atoms with Gasteiger partial charge in [0, 0.05) is 11.1 Å². The third-order valence-corrected chi connectivity index (χ3v) is 4.51. The third kappa shape index (κ3) is 2.80. The number of fused-ring (bicyclic) bond motifs is 1. The van der Waals surface area contributed by atoms with Crippen LogP contribution in [0, 0.1) is 19.7 Å². The van der Waals surface area contributed by atoms with Crippen LogP contribution in [0.3, 0.4) is 0 Å². The molecule has 4 rings (SSSR count). The molecule has 0 bridgehead atoms. The first-order valence-electron chi connectivity index (χ1n) is 8.39. The van der Waals surface area contributed by atoms with E-state index < -0.39 is 0 Å². The molecule has 0 fully saturated rings. The standard InChI is InChI=1S/C22H17FN2O/c1-13-9-10-17(19(23)11-13)15-6-4-7-16(12-15)21-24-20-14(2)5-3-8-18(20)22(26)25-21/h3-12H,1-2H3,(H,24,25,26). The number of aryl methyl sites for hydroxylation is 2. The van der Waals surface area contributed by atoms with Crippen LogP contribution in [-0.4, -0.2) is 9.97 Å². The molecule has 0 aliphatic heterocycles. The molecule has 0 saturated heterocycles. The molecule has 0 aliphatic carbocycles. The SMILES string of the molecule is Cc1ccc(-c2cccc(-c3nc4c(C)cccc4c(=O)[nH]3)c2)c(F)c1. The lowest BCUT2D eigenvalue weighted by Crippen LogP contribution is -2.10. The van der Waals surface area contributed by atoms with E-state index in [-0.39, 0.29) is 11.4 Å². The van der Waals surface area contributed by atoms with E-state index in [1.165, 1.54) is 6.07 Å². The fourth-order valence-electron chi connectivity index (χ4n) is 3.13. The molecular formula is C22H17FN2O. The summed E-state index contributed by atoms with van der Waals surface area (Å²) >= 11 is 0. The number of aromatic nitrogens is 2. The summed E-state index contributed by atoms with van der Waals surface area (Å²) in [7, 11) is 0. The van der Waals surface area contributed by atoms with Crippen molar-refractivity contribution in [2.45, 2.75) is 13.8 Å². The molecule has 1 aromatic heterocycles. The molecule has 0 radical (unpaired) electrons. The van der Waals surface area contributed by atoms with Gasteiger partial charge in [-0.15, -0.1) is 0 Å². The topological polar surface area (TPSA) is 45.8 Å². The van der Waals surface area contributed by atoms with Crippen LogP contribution in [0.1, 0.15) is 11.1 Å². The van der Waals surface area contributed by atoms with Crippen LogP contribution in [0.4, 0.5) is 4.39 Å². The Morgan fingerprint density at radius 1 is 0.923 bits per heavy atom. The van der Waals surface area contributed by atoms with E-state index in [0.717, 1.165) is 22.3 Å². The third-order valence-electron chi connectivity index (χ3n) is 4.51. The van der Waals surface area contributed by atoms with Gasteiger partial charge in [0.2, 0.25) is 0 Å². The molecule has 3 nitrogen and oxygen atoms in total. The van der Waals surface area contributed by atoms with Crippen LogP contribution in [0.15, 0.2) is 65.5 Å². The number of aromatic amines is 1. The van der Waals surface area contributed by atoms with E-state index in [1.54, 1.807) is 12.1 Å². The monoisotopic (exact) mass is 344 g/mol. The highest BCUT2D eigenvalue weighted by atomic mass is 19.1. The molecule has 1 N–H and O–H groups in total. The maximum Gasteiger partial charge on any atom is 0.259 e. The first kappa shape index (κ1) is 16.2. The summed E-state index contributed by atoms with van der Waals surface area (Å²) < 4.78 is 14.3. The van der Waals surface area contributed by atoms with Gasteiger partial charge in [-0.2, -0.15) is 0 Å². The van der Waals surface area contributed by atoms with Crippen LogP contribution < -0.4 is 5.56 Å². The Hall–Kier alpha value is -3.27. The smallest absolute Gasteiger partial charge is 0.259 e. The summed E-state index contributed by atoms with van der Waals surface area (Å²) in [4.78, 5) is 19.9. The zero-order valence-electron chi connectivity index (χ0n) is 14.5. The number of H-pyrrole nitrogens is 1. The van der Waals surface area contributed by atoms with Gasteiger partial charge in [-0.05, 0) is 48.7 Å². The number of rotatable bonds is 2. The van der Waals surface area contributed by atoms with E-state index in [4.69, 9.17) is 0 Å². The van der Waals surface area contributed by atoms with Crippen molar-refractivity contribution in [3.05, 3.63) is 88.0 Å². The van der Waals surface area contributed by atoms with Crippen LogP contribution in [0.25, 0.3) is 33.4 Å². The summed E-state index contributed by atoms with van der Waals surface area (Å²) in [5.41, 5.74) is 4.32. The van der Waals surface area contributed by atoms with Crippen LogP contribution in [0.5, 0.6) is 0 Å². The molecule has 1 heterocycles. The van der Waals surface area contributed by atoms with Crippen molar-refractivity contribution in [3.8, 4) is 22.5 Å².